The molecule has 1 aliphatic rings. The van der Waals surface area contributed by atoms with Crippen molar-refractivity contribution >= 4 is 38.3 Å². The number of aromatic nitrogens is 4. The highest BCUT2D eigenvalue weighted by molar-refractivity contribution is 9.10. The second-order valence-corrected chi connectivity index (χ2v) is 8.70. The van der Waals surface area contributed by atoms with Gasteiger partial charge >= 0.3 is 0 Å². The Bertz CT molecular complexity index is 1090. The normalized spacial score (nSPS) is 15.6. The van der Waals surface area contributed by atoms with Crippen LogP contribution in [0.5, 0.6) is 10.9 Å². The van der Waals surface area contributed by atoms with Gasteiger partial charge in [-0.3, -0.25) is 15.1 Å². The van der Waals surface area contributed by atoms with Crippen LogP contribution in [0.25, 0.3) is 11.1 Å². The number of pyridine rings is 2. The summed E-state index contributed by atoms with van der Waals surface area (Å²) in [7, 11) is 1.56. The molecule has 1 atom stereocenters. The highest BCUT2D eigenvalue weighted by Crippen LogP contribution is 2.34. The average Bonchev–Trinajstić information content (AvgIpc) is 3.44. The van der Waals surface area contributed by atoms with Crippen molar-refractivity contribution in [2.45, 2.75) is 13.3 Å². The van der Waals surface area contributed by atoms with Crippen molar-refractivity contribution in [2.75, 3.05) is 32.2 Å². The molecule has 3 aromatic rings. The second kappa shape index (κ2) is 9.67. The predicted molar refractivity (Wildman–Crippen MR) is 119 cm³/mol. The van der Waals surface area contributed by atoms with Crippen LogP contribution in [-0.2, 0) is 4.74 Å². The maximum atomic E-state index is 13.0. The van der Waals surface area contributed by atoms with E-state index >= 15 is 0 Å². The van der Waals surface area contributed by atoms with Crippen LogP contribution < -0.4 is 14.8 Å². The fraction of sp³-hybridized carbons (Fsp3) is 0.350. The molecule has 1 fully saturated rings. The van der Waals surface area contributed by atoms with Gasteiger partial charge in [-0.15, -0.1) is 5.10 Å². The first-order valence-corrected chi connectivity index (χ1v) is 11.2. The zero-order valence-corrected chi connectivity index (χ0v) is 19.3. The van der Waals surface area contributed by atoms with E-state index in [-0.39, 0.29) is 5.91 Å². The molecule has 31 heavy (non-hydrogen) atoms. The number of carbonyl (C=O) groups is 1. The molecule has 1 amide bonds. The second-order valence-electron chi connectivity index (χ2n) is 6.95. The largest absolute Gasteiger partial charge is 0.494 e. The first kappa shape index (κ1) is 21.6. The highest BCUT2D eigenvalue weighted by atomic mass is 79.9. The van der Waals surface area contributed by atoms with Crippen LogP contribution in [0, 0.1) is 12.8 Å². The van der Waals surface area contributed by atoms with Crippen molar-refractivity contribution < 1.29 is 19.0 Å². The van der Waals surface area contributed by atoms with Crippen LogP contribution in [0.15, 0.2) is 29.1 Å². The molecule has 0 aliphatic carbocycles. The average molecular weight is 506 g/mol. The molecule has 162 valence electrons. The Labute approximate surface area is 191 Å². The number of ether oxygens (including phenoxy) is 3. The summed E-state index contributed by atoms with van der Waals surface area (Å²) in [6, 6.07) is 3.63. The van der Waals surface area contributed by atoms with Gasteiger partial charge in [0.25, 0.3) is 11.1 Å². The number of methoxy groups -OCH3 is 1. The minimum atomic E-state index is -0.357. The fourth-order valence-corrected chi connectivity index (χ4v) is 4.07. The number of carbonyl (C=O) groups excluding carboxylic acids is 1. The summed E-state index contributed by atoms with van der Waals surface area (Å²) in [6.45, 7) is 3.83. The first-order valence-electron chi connectivity index (χ1n) is 9.55. The standard InChI is InChI=1S/C20H20BrN5O4S/c1-11-5-13(14-6-17(21)23-8-16(14)28-2)15(7-22-11)18(27)24-19-25-26-20(31-19)30-10-12-3-4-29-9-12/h5-8,12H,3-4,9-10H2,1-2H3,(H,24,25,27). The van der Waals surface area contributed by atoms with Crippen LogP contribution in [0.4, 0.5) is 5.13 Å². The summed E-state index contributed by atoms with van der Waals surface area (Å²) in [6.07, 6.45) is 4.10. The third-order valence-electron chi connectivity index (χ3n) is 4.72. The van der Waals surface area contributed by atoms with Crippen molar-refractivity contribution in [3.05, 3.63) is 40.4 Å². The van der Waals surface area contributed by atoms with Crippen LogP contribution >= 0.6 is 27.3 Å². The van der Waals surface area contributed by atoms with Gasteiger partial charge in [0.15, 0.2) is 0 Å². The van der Waals surface area contributed by atoms with E-state index in [1.807, 2.05) is 13.0 Å². The lowest BCUT2D eigenvalue weighted by Gasteiger charge is -2.13. The molecule has 1 aliphatic heterocycles. The molecule has 9 nitrogen and oxygen atoms in total. The van der Waals surface area contributed by atoms with Gasteiger partial charge in [0.1, 0.15) is 10.4 Å². The summed E-state index contributed by atoms with van der Waals surface area (Å²) in [5.41, 5.74) is 2.54. The Hall–Kier alpha value is -2.63. The molecule has 4 heterocycles. The predicted octanol–water partition coefficient (Wildman–Crippen LogP) is 3.74. The van der Waals surface area contributed by atoms with E-state index in [2.05, 4.69) is 41.4 Å². The lowest BCUT2D eigenvalue weighted by Crippen LogP contribution is -2.14. The number of halogens is 1. The smallest absolute Gasteiger partial charge is 0.295 e. The van der Waals surface area contributed by atoms with Gasteiger partial charge in [0.2, 0.25) is 5.13 Å². The summed E-state index contributed by atoms with van der Waals surface area (Å²) in [4.78, 5) is 21.5. The van der Waals surface area contributed by atoms with Gasteiger partial charge in [-0.1, -0.05) is 5.10 Å². The monoisotopic (exact) mass is 505 g/mol. The molecule has 4 rings (SSSR count). The Kier molecular flexibility index (Phi) is 6.73. The summed E-state index contributed by atoms with van der Waals surface area (Å²) >= 11 is 4.55. The van der Waals surface area contributed by atoms with Crippen molar-refractivity contribution in [3.8, 4) is 22.1 Å². The van der Waals surface area contributed by atoms with Crippen molar-refractivity contribution in [2.24, 2.45) is 5.92 Å². The number of hydrogen-bond donors (Lipinski definition) is 1. The molecule has 0 saturated carbocycles. The van der Waals surface area contributed by atoms with Gasteiger partial charge < -0.3 is 14.2 Å². The minimum Gasteiger partial charge on any atom is -0.494 e. The van der Waals surface area contributed by atoms with Crippen LogP contribution in [-0.4, -0.2) is 53.0 Å². The van der Waals surface area contributed by atoms with Gasteiger partial charge in [0.05, 0.1) is 32.1 Å². The van der Waals surface area contributed by atoms with Gasteiger partial charge in [-0.05, 0) is 52.7 Å². The summed E-state index contributed by atoms with van der Waals surface area (Å²) < 4.78 is 17.1. The number of nitrogens with zero attached hydrogens (tertiary/aromatic N) is 4. The van der Waals surface area contributed by atoms with Gasteiger partial charge in [-0.2, -0.15) is 0 Å². The van der Waals surface area contributed by atoms with Crippen LogP contribution in [0.2, 0.25) is 0 Å². The Balaban J connectivity index is 1.54. The maximum absolute atomic E-state index is 13.0. The molecule has 0 aromatic carbocycles. The van der Waals surface area contributed by atoms with E-state index in [0.29, 0.717) is 50.9 Å². The van der Waals surface area contributed by atoms with E-state index in [4.69, 9.17) is 14.2 Å². The molecule has 1 saturated heterocycles. The van der Waals surface area contributed by atoms with Crippen LogP contribution in [0.3, 0.4) is 0 Å². The van der Waals surface area contributed by atoms with E-state index in [0.717, 1.165) is 24.3 Å². The lowest BCUT2D eigenvalue weighted by molar-refractivity contribution is 0.102. The van der Waals surface area contributed by atoms with Gasteiger partial charge in [-0.25, -0.2) is 4.98 Å². The third-order valence-corrected chi connectivity index (χ3v) is 5.91. The number of hydrogen-bond acceptors (Lipinski definition) is 9. The van der Waals surface area contributed by atoms with Crippen molar-refractivity contribution in [1.29, 1.82) is 0 Å². The van der Waals surface area contributed by atoms with Gasteiger partial charge in [0, 0.05) is 35.5 Å². The van der Waals surface area contributed by atoms with E-state index in [9.17, 15) is 4.79 Å². The van der Waals surface area contributed by atoms with E-state index in [1.54, 1.807) is 19.4 Å². The number of rotatable bonds is 7. The molecular weight excluding hydrogens is 486 g/mol. The molecule has 3 aromatic heterocycles. The Morgan fingerprint density at radius 2 is 2.16 bits per heavy atom. The number of amides is 1. The number of aryl methyl sites for hydroxylation is 1. The summed E-state index contributed by atoms with van der Waals surface area (Å²) in [5.74, 6) is 0.549. The lowest BCUT2D eigenvalue weighted by atomic mass is 10.0. The summed E-state index contributed by atoms with van der Waals surface area (Å²) in [5, 5.41) is 11.5. The quantitative estimate of drug-likeness (QED) is 0.483. The Morgan fingerprint density at radius 1 is 1.29 bits per heavy atom. The van der Waals surface area contributed by atoms with Crippen molar-refractivity contribution in [1.82, 2.24) is 20.2 Å². The molecule has 11 heteroatoms. The zero-order valence-electron chi connectivity index (χ0n) is 16.9. The molecule has 1 unspecified atom stereocenters. The minimum absolute atomic E-state index is 0.345. The highest BCUT2D eigenvalue weighted by Gasteiger charge is 2.20. The third kappa shape index (κ3) is 5.17. The maximum Gasteiger partial charge on any atom is 0.295 e. The molecule has 0 radical (unpaired) electrons. The molecule has 0 bridgehead atoms. The fourth-order valence-electron chi connectivity index (χ4n) is 3.14. The molecular formula is C20H20BrN5O4S. The number of anilines is 1. The van der Waals surface area contributed by atoms with E-state index < -0.39 is 0 Å². The molecule has 0 spiro atoms. The SMILES string of the molecule is COc1cnc(Br)cc1-c1cc(C)ncc1C(=O)Nc1nnc(OCC2CCOC2)s1. The van der Waals surface area contributed by atoms with E-state index in [1.165, 1.54) is 17.5 Å². The zero-order chi connectivity index (χ0) is 21.8. The topological polar surface area (TPSA) is 108 Å². The van der Waals surface area contributed by atoms with Crippen LogP contribution in [0.1, 0.15) is 22.5 Å². The number of nitrogens with one attached hydrogen (secondary N) is 1. The van der Waals surface area contributed by atoms with Crippen molar-refractivity contribution in [3.63, 3.8) is 0 Å². The molecule has 1 N–H and O–H groups in total. The Morgan fingerprint density at radius 3 is 2.94 bits per heavy atom. The first-order chi connectivity index (χ1) is 15.0.